The average Bonchev–Trinajstić information content (AvgIpc) is 3.79. The number of para-hydroxylation sites is 1. The molecule has 0 unspecified atom stereocenters. The van der Waals surface area contributed by atoms with E-state index in [2.05, 4.69) is 109 Å². The lowest BCUT2D eigenvalue weighted by molar-refractivity contribution is 0.669. The zero-order chi connectivity index (χ0) is 33.0. The number of benzene rings is 7. The number of fused-ring (bicyclic) bond motifs is 5. The molecule has 3 aromatic heterocycles. The van der Waals surface area contributed by atoms with Crippen LogP contribution in [0.15, 0.2) is 162 Å². The van der Waals surface area contributed by atoms with Gasteiger partial charge in [-0.15, -0.1) is 11.3 Å². The van der Waals surface area contributed by atoms with Crippen LogP contribution < -0.4 is 0 Å². The van der Waals surface area contributed by atoms with Crippen LogP contribution >= 0.6 is 11.3 Å². The number of hydrogen-bond donors (Lipinski definition) is 0. The number of furan rings is 1. The van der Waals surface area contributed by atoms with E-state index in [9.17, 15) is 0 Å². The number of hydrogen-bond acceptors (Lipinski definition) is 6. The van der Waals surface area contributed by atoms with Crippen molar-refractivity contribution < 1.29 is 4.42 Å². The van der Waals surface area contributed by atoms with Crippen molar-refractivity contribution in [3.8, 4) is 55.9 Å². The summed E-state index contributed by atoms with van der Waals surface area (Å²) in [6, 6.07) is 54.0. The highest BCUT2D eigenvalue weighted by atomic mass is 32.1. The number of rotatable bonds is 5. The Morgan fingerprint density at radius 3 is 1.88 bits per heavy atom. The van der Waals surface area contributed by atoms with Gasteiger partial charge in [-0.2, -0.15) is 0 Å². The first-order valence-corrected chi connectivity index (χ1v) is 17.3. The van der Waals surface area contributed by atoms with Crippen LogP contribution in [0.4, 0.5) is 0 Å². The molecule has 0 fully saturated rings. The van der Waals surface area contributed by atoms with Crippen molar-refractivity contribution in [2.45, 2.75) is 0 Å². The predicted molar refractivity (Wildman–Crippen MR) is 205 cm³/mol. The predicted octanol–water partition coefficient (Wildman–Crippen LogP) is 11.9. The first-order chi connectivity index (χ1) is 24.7. The van der Waals surface area contributed by atoms with Gasteiger partial charge in [-0.25, -0.2) is 19.9 Å². The molecule has 0 aliphatic rings. The second-order valence-electron chi connectivity index (χ2n) is 12.3. The molecule has 0 atom stereocenters. The molecule has 0 amide bonds. The fourth-order valence-electron chi connectivity index (χ4n) is 6.73. The number of aromatic nitrogens is 4. The molecule has 0 aliphatic heterocycles. The quantitative estimate of drug-likeness (QED) is 0.184. The third kappa shape index (κ3) is 4.85. The summed E-state index contributed by atoms with van der Waals surface area (Å²) in [6.07, 6.45) is 0. The van der Waals surface area contributed by atoms with Crippen LogP contribution in [0.1, 0.15) is 0 Å². The Balaban J connectivity index is 1.28. The van der Waals surface area contributed by atoms with Gasteiger partial charge in [0.25, 0.3) is 0 Å². The van der Waals surface area contributed by atoms with E-state index >= 15 is 0 Å². The zero-order valence-electron chi connectivity index (χ0n) is 26.6. The third-order valence-electron chi connectivity index (χ3n) is 9.14. The van der Waals surface area contributed by atoms with Crippen molar-refractivity contribution in [1.82, 2.24) is 19.9 Å². The van der Waals surface area contributed by atoms with Crippen LogP contribution in [0.2, 0.25) is 0 Å². The Morgan fingerprint density at radius 2 is 1.06 bits per heavy atom. The molecule has 0 radical (unpaired) electrons. The van der Waals surface area contributed by atoms with E-state index in [1.807, 2.05) is 48.5 Å². The second-order valence-corrected chi connectivity index (χ2v) is 13.3. The minimum atomic E-state index is 0.577. The van der Waals surface area contributed by atoms with Crippen molar-refractivity contribution >= 4 is 54.3 Å². The summed E-state index contributed by atoms with van der Waals surface area (Å²) < 4.78 is 7.48. The highest BCUT2D eigenvalue weighted by Crippen LogP contribution is 2.45. The van der Waals surface area contributed by atoms with Gasteiger partial charge in [-0.3, -0.25) is 0 Å². The summed E-state index contributed by atoms with van der Waals surface area (Å²) in [7, 11) is 0. The van der Waals surface area contributed by atoms with E-state index in [0.29, 0.717) is 17.5 Å². The Hall–Kier alpha value is -6.50. The third-order valence-corrected chi connectivity index (χ3v) is 10.3. The first kappa shape index (κ1) is 28.5. The molecular formula is C44H26N4OS. The highest BCUT2D eigenvalue weighted by molar-refractivity contribution is 7.22. The molecule has 0 N–H and O–H groups in total. The SMILES string of the molecule is c1ccc(-c2cccc(-c3nc(-c4ccc5ccccc5c4)nc(-c4c5sc(-c6ccccc6)nc5cc5oc6ccccc6c45)n3)c2)cc1. The smallest absolute Gasteiger partial charge is 0.166 e. The molecule has 10 aromatic rings. The van der Waals surface area contributed by atoms with E-state index in [4.69, 9.17) is 24.4 Å². The van der Waals surface area contributed by atoms with E-state index in [-0.39, 0.29) is 0 Å². The molecule has 6 heteroatoms. The molecule has 0 bridgehead atoms. The van der Waals surface area contributed by atoms with Gasteiger partial charge in [0.1, 0.15) is 16.2 Å². The summed E-state index contributed by atoms with van der Waals surface area (Å²) in [4.78, 5) is 20.8. The lowest BCUT2D eigenvalue weighted by atomic mass is 10.0. The fraction of sp³-hybridized carbons (Fsp3) is 0. The summed E-state index contributed by atoms with van der Waals surface area (Å²) in [6.45, 7) is 0. The van der Waals surface area contributed by atoms with Crippen molar-refractivity contribution in [1.29, 1.82) is 0 Å². The van der Waals surface area contributed by atoms with Crippen LogP contribution in [-0.2, 0) is 0 Å². The molecule has 5 nitrogen and oxygen atoms in total. The van der Waals surface area contributed by atoms with Crippen LogP contribution in [-0.4, -0.2) is 19.9 Å². The maximum Gasteiger partial charge on any atom is 0.166 e. The minimum absolute atomic E-state index is 0.577. The molecule has 7 aromatic carbocycles. The molecule has 0 saturated carbocycles. The molecule has 0 aliphatic carbocycles. The van der Waals surface area contributed by atoms with Gasteiger partial charge in [0.05, 0.1) is 15.8 Å². The molecule has 234 valence electrons. The van der Waals surface area contributed by atoms with Gasteiger partial charge < -0.3 is 4.42 Å². The number of nitrogens with zero attached hydrogens (tertiary/aromatic N) is 4. The van der Waals surface area contributed by atoms with Crippen LogP contribution in [0.3, 0.4) is 0 Å². The molecular weight excluding hydrogens is 633 g/mol. The number of thiazole rings is 1. The highest BCUT2D eigenvalue weighted by Gasteiger charge is 2.23. The normalized spacial score (nSPS) is 11.6. The van der Waals surface area contributed by atoms with Gasteiger partial charge in [0.2, 0.25) is 0 Å². The van der Waals surface area contributed by atoms with E-state index < -0.39 is 0 Å². The molecule has 3 heterocycles. The Kier molecular flexibility index (Phi) is 6.60. The Bertz CT molecular complexity index is 2880. The van der Waals surface area contributed by atoms with Crippen molar-refractivity contribution in [2.75, 3.05) is 0 Å². The Morgan fingerprint density at radius 1 is 0.420 bits per heavy atom. The van der Waals surface area contributed by atoms with Crippen molar-refractivity contribution in [3.05, 3.63) is 158 Å². The molecule has 0 spiro atoms. The Labute approximate surface area is 291 Å². The van der Waals surface area contributed by atoms with Crippen LogP contribution in [0, 0.1) is 0 Å². The van der Waals surface area contributed by atoms with E-state index in [1.165, 1.54) is 0 Å². The first-order valence-electron chi connectivity index (χ1n) is 16.5. The van der Waals surface area contributed by atoms with Crippen molar-refractivity contribution in [2.24, 2.45) is 0 Å². The maximum absolute atomic E-state index is 6.47. The summed E-state index contributed by atoms with van der Waals surface area (Å²) >= 11 is 1.65. The largest absolute Gasteiger partial charge is 0.456 e. The van der Waals surface area contributed by atoms with Gasteiger partial charge in [0, 0.05) is 33.5 Å². The van der Waals surface area contributed by atoms with Gasteiger partial charge in [0.15, 0.2) is 17.5 Å². The van der Waals surface area contributed by atoms with Gasteiger partial charge in [-0.05, 0) is 40.1 Å². The standard InChI is InChI=1S/C44H26N4OS/c1-3-12-27(13-4-1)31-18-11-19-32(24-31)41-46-42(33-23-22-28-14-7-8-17-30(28)25-33)48-43(47-41)39-38-34-20-9-10-21-36(34)49-37(38)26-35-40(39)50-44(45-35)29-15-5-2-6-16-29/h1-26H. The van der Waals surface area contributed by atoms with Gasteiger partial charge >= 0.3 is 0 Å². The van der Waals surface area contributed by atoms with Gasteiger partial charge in [-0.1, -0.05) is 133 Å². The van der Waals surface area contributed by atoms with E-state index in [0.717, 1.165) is 81.3 Å². The summed E-state index contributed by atoms with van der Waals surface area (Å²) in [5.41, 5.74) is 8.41. The molecule has 10 rings (SSSR count). The monoisotopic (exact) mass is 658 g/mol. The topological polar surface area (TPSA) is 64.7 Å². The second kappa shape index (κ2) is 11.6. The zero-order valence-corrected chi connectivity index (χ0v) is 27.4. The van der Waals surface area contributed by atoms with E-state index in [1.54, 1.807) is 11.3 Å². The fourth-order valence-corrected chi connectivity index (χ4v) is 7.83. The summed E-state index contributed by atoms with van der Waals surface area (Å²) in [5.74, 6) is 1.78. The van der Waals surface area contributed by atoms with Crippen LogP contribution in [0.25, 0.3) is 98.8 Å². The van der Waals surface area contributed by atoms with Crippen LogP contribution in [0.5, 0.6) is 0 Å². The summed E-state index contributed by atoms with van der Waals surface area (Å²) in [5, 5.41) is 5.19. The maximum atomic E-state index is 6.47. The molecule has 0 saturated heterocycles. The lowest BCUT2D eigenvalue weighted by Crippen LogP contribution is -2.01. The molecule has 50 heavy (non-hydrogen) atoms. The average molecular weight is 659 g/mol. The lowest BCUT2D eigenvalue weighted by Gasteiger charge is -2.11. The van der Waals surface area contributed by atoms with Crippen molar-refractivity contribution in [3.63, 3.8) is 0 Å². The minimum Gasteiger partial charge on any atom is -0.456 e.